The van der Waals surface area contributed by atoms with Gasteiger partial charge in [-0.2, -0.15) is 0 Å². The average molecular weight is 227 g/mol. The van der Waals surface area contributed by atoms with Crippen molar-refractivity contribution >= 4 is 11.9 Å². The second-order valence-electron chi connectivity index (χ2n) is 4.79. The highest BCUT2D eigenvalue weighted by Gasteiger charge is 2.52. The van der Waals surface area contributed by atoms with Gasteiger partial charge >= 0.3 is 5.97 Å². The zero-order chi connectivity index (χ0) is 12.3. The van der Waals surface area contributed by atoms with Gasteiger partial charge in [-0.1, -0.05) is 19.8 Å². The number of hydrogen-bond acceptors (Lipinski definition) is 2. The minimum absolute atomic E-state index is 0.120. The van der Waals surface area contributed by atoms with Gasteiger partial charge < -0.3 is 10.0 Å². The van der Waals surface area contributed by atoms with E-state index in [-0.39, 0.29) is 11.9 Å². The van der Waals surface area contributed by atoms with Crippen molar-refractivity contribution in [1.82, 2.24) is 4.90 Å². The van der Waals surface area contributed by atoms with Crippen LogP contribution in [0.3, 0.4) is 0 Å². The Labute approximate surface area is 96.6 Å². The highest BCUT2D eigenvalue weighted by molar-refractivity contribution is 6.02. The summed E-state index contributed by atoms with van der Waals surface area (Å²) in [7, 11) is 1.71. The molecule has 0 saturated heterocycles. The molecule has 1 unspecified atom stereocenters. The second kappa shape index (κ2) is 4.85. The fourth-order valence-electron chi connectivity index (χ4n) is 2.20. The summed E-state index contributed by atoms with van der Waals surface area (Å²) >= 11 is 0. The zero-order valence-corrected chi connectivity index (χ0v) is 10.3. The summed E-state index contributed by atoms with van der Waals surface area (Å²) in [6.07, 6.45) is 3.74. The lowest BCUT2D eigenvalue weighted by Crippen LogP contribution is -2.53. The van der Waals surface area contributed by atoms with Crippen LogP contribution < -0.4 is 0 Å². The van der Waals surface area contributed by atoms with Crippen LogP contribution in [0.4, 0.5) is 0 Å². The van der Waals surface area contributed by atoms with E-state index in [4.69, 9.17) is 5.11 Å². The number of amides is 1. The van der Waals surface area contributed by atoms with Gasteiger partial charge in [0, 0.05) is 13.1 Å². The fraction of sp³-hybridized carbons (Fsp3) is 0.833. The topological polar surface area (TPSA) is 57.6 Å². The van der Waals surface area contributed by atoms with Crippen molar-refractivity contribution in [1.29, 1.82) is 0 Å². The number of rotatable bonds is 5. The molecule has 0 radical (unpaired) electrons. The SMILES string of the molecule is CCCC(C)N(C)C(=O)C1(C(=O)O)CCC1. The van der Waals surface area contributed by atoms with Gasteiger partial charge in [-0.3, -0.25) is 9.59 Å². The molecule has 1 aliphatic rings. The summed E-state index contributed by atoms with van der Waals surface area (Å²) in [5.41, 5.74) is -1.11. The van der Waals surface area contributed by atoms with Gasteiger partial charge in [-0.05, 0) is 26.2 Å². The summed E-state index contributed by atoms with van der Waals surface area (Å²) in [6.45, 7) is 4.03. The number of carbonyl (C=O) groups is 2. The molecule has 1 aliphatic carbocycles. The minimum atomic E-state index is -1.11. The monoisotopic (exact) mass is 227 g/mol. The molecule has 0 aromatic heterocycles. The van der Waals surface area contributed by atoms with Gasteiger partial charge in [0.1, 0.15) is 5.41 Å². The maximum atomic E-state index is 12.2. The third kappa shape index (κ3) is 2.06. The first-order valence-corrected chi connectivity index (χ1v) is 5.96. The average Bonchev–Trinajstić information content (AvgIpc) is 2.14. The highest BCUT2D eigenvalue weighted by atomic mass is 16.4. The summed E-state index contributed by atoms with van der Waals surface area (Å²) < 4.78 is 0. The lowest BCUT2D eigenvalue weighted by Gasteiger charge is -2.40. The van der Waals surface area contributed by atoms with E-state index < -0.39 is 11.4 Å². The van der Waals surface area contributed by atoms with Crippen molar-refractivity contribution in [2.45, 2.75) is 52.0 Å². The van der Waals surface area contributed by atoms with E-state index in [0.29, 0.717) is 12.8 Å². The first kappa shape index (κ1) is 13.0. The van der Waals surface area contributed by atoms with Crippen LogP contribution in [0.1, 0.15) is 46.0 Å². The van der Waals surface area contributed by atoms with E-state index in [0.717, 1.165) is 19.3 Å². The lowest BCUT2D eigenvalue weighted by molar-refractivity contribution is -0.167. The minimum Gasteiger partial charge on any atom is -0.480 e. The first-order chi connectivity index (χ1) is 7.45. The van der Waals surface area contributed by atoms with Crippen molar-refractivity contribution in [3.05, 3.63) is 0 Å². The van der Waals surface area contributed by atoms with Crippen LogP contribution in [-0.4, -0.2) is 35.0 Å². The summed E-state index contributed by atoms with van der Waals surface area (Å²) in [4.78, 5) is 24.9. The van der Waals surface area contributed by atoms with E-state index in [1.807, 2.05) is 6.92 Å². The maximum absolute atomic E-state index is 12.2. The van der Waals surface area contributed by atoms with Crippen molar-refractivity contribution < 1.29 is 14.7 Å². The van der Waals surface area contributed by atoms with Crippen molar-refractivity contribution in [2.75, 3.05) is 7.05 Å². The van der Waals surface area contributed by atoms with Crippen LogP contribution in [0.15, 0.2) is 0 Å². The third-order valence-corrected chi connectivity index (χ3v) is 3.71. The van der Waals surface area contributed by atoms with Crippen molar-refractivity contribution in [3.8, 4) is 0 Å². The fourth-order valence-corrected chi connectivity index (χ4v) is 2.20. The first-order valence-electron chi connectivity index (χ1n) is 5.96. The Kier molecular flexibility index (Phi) is 3.94. The third-order valence-electron chi connectivity index (χ3n) is 3.71. The molecule has 0 spiro atoms. The van der Waals surface area contributed by atoms with Gasteiger partial charge in [0.05, 0.1) is 0 Å². The van der Waals surface area contributed by atoms with E-state index >= 15 is 0 Å². The van der Waals surface area contributed by atoms with E-state index in [1.165, 1.54) is 0 Å². The number of carboxylic acids is 1. The lowest BCUT2D eigenvalue weighted by atomic mass is 9.67. The van der Waals surface area contributed by atoms with Crippen LogP contribution in [-0.2, 0) is 9.59 Å². The highest BCUT2D eigenvalue weighted by Crippen LogP contribution is 2.43. The number of hydrogen-bond donors (Lipinski definition) is 1. The molecule has 0 aromatic rings. The standard InChI is InChI=1S/C12H21NO3/c1-4-6-9(2)13(3)10(14)12(11(15)16)7-5-8-12/h9H,4-8H2,1-3H3,(H,15,16). The maximum Gasteiger partial charge on any atom is 0.319 e. The molecule has 1 rings (SSSR count). The largest absolute Gasteiger partial charge is 0.480 e. The predicted octanol–water partition coefficient (Wildman–Crippen LogP) is 1.89. The molecule has 1 saturated carbocycles. The zero-order valence-electron chi connectivity index (χ0n) is 10.3. The summed E-state index contributed by atoms with van der Waals surface area (Å²) in [6, 6.07) is 0.120. The van der Waals surface area contributed by atoms with Gasteiger partial charge in [-0.15, -0.1) is 0 Å². The Bertz CT molecular complexity index is 284. The second-order valence-corrected chi connectivity index (χ2v) is 4.79. The van der Waals surface area contributed by atoms with E-state index in [1.54, 1.807) is 11.9 Å². The van der Waals surface area contributed by atoms with Gasteiger partial charge in [-0.25, -0.2) is 0 Å². The molecule has 4 heteroatoms. The number of carbonyl (C=O) groups excluding carboxylic acids is 1. The predicted molar refractivity (Wildman–Crippen MR) is 61.1 cm³/mol. The summed E-state index contributed by atoms with van der Waals surface area (Å²) in [5, 5.41) is 9.17. The van der Waals surface area contributed by atoms with Gasteiger partial charge in [0.2, 0.25) is 5.91 Å². The van der Waals surface area contributed by atoms with E-state index in [9.17, 15) is 9.59 Å². The molecule has 0 aromatic carbocycles. The number of nitrogens with zero attached hydrogens (tertiary/aromatic N) is 1. The molecule has 4 nitrogen and oxygen atoms in total. The molecule has 92 valence electrons. The Morgan fingerprint density at radius 2 is 2.00 bits per heavy atom. The molecule has 0 aliphatic heterocycles. The Morgan fingerprint density at radius 3 is 2.31 bits per heavy atom. The molecule has 0 heterocycles. The van der Waals surface area contributed by atoms with Crippen molar-refractivity contribution in [2.24, 2.45) is 5.41 Å². The number of aliphatic carboxylic acids is 1. The molecule has 0 bridgehead atoms. The van der Waals surface area contributed by atoms with Crippen LogP contribution in [0.5, 0.6) is 0 Å². The van der Waals surface area contributed by atoms with Gasteiger partial charge in [0.25, 0.3) is 0 Å². The van der Waals surface area contributed by atoms with Crippen LogP contribution in [0.2, 0.25) is 0 Å². The smallest absolute Gasteiger partial charge is 0.319 e. The molecular weight excluding hydrogens is 206 g/mol. The molecule has 1 fully saturated rings. The number of carboxylic acid groups (broad SMARTS) is 1. The normalized spacial score (nSPS) is 19.7. The van der Waals surface area contributed by atoms with E-state index in [2.05, 4.69) is 6.92 Å². The van der Waals surface area contributed by atoms with Crippen molar-refractivity contribution in [3.63, 3.8) is 0 Å². The summed E-state index contributed by atoms with van der Waals surface area (Å²) in [5.74, 6) is -1.17. The van der Waals surface area contributed by atoms with Crippen LogP contribution in [0.25, 0.3) is 0 Å². The molecular formula is C12H21NO3. The van der Waals surface area contributed by atoms with Crippen LogP contribution in [0, 0.1) is 5.41 Å². The molecule has 1 amide bonds. The molecule has 1 N–H and O–H groups in total. The molecule has 1 atom stereocenters. The van der Waals surface area contributed by atoms with Crippen LogP contribution >= 0.6 is 0 Å². The Morgan fingerprint density at radius 1 is 1.44 bits per heavy atom. The Balaban J connectivity index is 2.72. The Hall–Kier alpha value is -1.06. The quantitative estimate of drug-likeness (QED) is 0.730. The van der Waals surface area contributed by atoms with Gasteiger partial charge in [0.15, 0.2) is 0 Å². The molecule has 16 heavy (non-hydrogen) atoms.